The predicted molar refractivity (Wildman–Crippen MR) is 218 cm³/mol. The van der Waals surface area contributed by atoms with Crippen LogP contribution in [0.3, 0.4) is 0 Å². The van der Waals surface area contributed by atoms with Crippen LogP contribution in [0.15, 0.2) is 0 Å². The second-order valence-electron chi connectivity index (χ2n) is 17.4. The van der Waals surface area contributed by atoms with Crippen LogP contribution < -0.4 is 0 Å². The Morgan fingerprint density at radius 3 is 1.12 bits per heavy atom. The van der Waals surface area contributed by atoms with Crippen LogP contribution in [-0.2, 0) is 14.2 Å². The molecule has 0 aliphatic heterocycles. The molecule has 3 nitrogen and oxygen atoms in total. The van der Waals surface area contributed by atoms with Crippen LogP contribution >= 0.6 is 7.92 Å². The first-order valence-corrected chi connectivity index (χ1v) is 23.5. The standard InChI is InChI=1S/C44H91O3P/c1-11-15-16-17-24-29-34-41(44(45-12-2,46-13-3)47-14-4)35-40-48(38-32-27-22-18-20-25-30-36-42(5,6)7)39-33-28-23-19-21-26-31-37-43(8,9)10/h41H,11-40H2,1-10H3. The summed E-state index contributed by atoms with van der Waals surface area (Å²) in [5.74, 6) is -0.558. The third kappa shape index (κ3) is 28.9. The molecule has 0 rings (SSSR count). The van der Waals surface area contributed by atoms with E-state index in [1.54, 1.807) is 0 Å². The number of hydrogen-bond donors (Lipinski definition) is 0. The highest BCUT2D eigenvalue weighted by molar-refractivity contribution is 7.57. The van der Waals surface area contributed by atoms with Crippen molar-refractivity contribution in [3.05, 3.63) is 0 Å². The van der Waals surface area contributed by atoms with Gasteiger partial charge in [-0.2, -0.15) is 0 Å². The lowest BCUT2D eigenvalue weighted by molar-refractivity contribution is -0.402. The Morgan fingerprint density at radius 1 is 0.396 bits per heavy atom. The van der Waals surface area contributed by atoms with E-state index < -0.39 is 5.97 Å². The molecule has 290 valence electrons. The van der Waals surface area contributed by atoms with Crippen LogP contribution in [0.2, 0.25) is 0 Å². The van der Waals surface area contributed by atoms with Gasteiger partial charge in [-0.3, -0.25) is 0 Å². The molecule has 48 heavy (non-hydrogen) atoms. The predicted octanol–water partition coefficient (Wildman–Crippen LogP) is 15.3. The van der Waals surface area contributed by atoms with Gasteiger partial charge >= 0.3 is 0 Å². The molecule has 0 aromatic heterocycles. The van der Waals surface area contributed by atoms with Crippen molar-refractivity contribution in [2.75, 3.05) is 38.3 Å². The lowest BCUT2D eigenvalue weighted by Gasteiger charge is -2.39. The monoisotopic (exact) mass is 699 g/mol. The molecule has 0 aromatic rings. The number of ether oxygens (including phenoxy) is 3. The lowest BCUT2D eigenvalue weighted by atomic mass is 9.89. The first-order valence-electron chi connectivity index (χ1n) is 21.6. The van der Waals surface area contributed by atoms with E-state index in [4.69, 9.17) is 14.2 Å². The first-order chi connectivity index (χ1) is 22.9. The molecule has 0 aromatic carbocycles. The molecule has 0 saturated carbocycles. The summed E-state index contributed by atoms with van der Waals surface area (Å²) in [6.07, 6.45) is 37.2. The number of hydrogen-bond acceptors (Lipinski definition) is 3. The maximum atomic E-state index is 6.41. The zero-order chi connectivity index (χ0) is 36.0. The van der Waals surface area contributed by atoms with Gasteiger partial charge in [0.05, 0.1) is 0 Å². The molecule has 0 aliphatic rings. The molecular formula is C44H91O3P. The van der Waals surface area contributed by atoms with Gasteiger partial charge in [0.25, 0.3) is 5.97 Å². The van der Waals surface area contributed by atoms with Gasteiger partial charge in [-0.1, -0.05) is 164 Å². The summed E-state index contributed by atoms with van der Waals surface area (Å²) in [4.78, 5) is 0. The summed E-state index contributed by atoms with van der Waals surface area (Å²) in [5.41, 5.74) is 0.981. The van der Waals surface area contributed by atoms with E-state index in [-0.39, 0.29) is 7.92 Å². The molecule has 1 atom stereocenters. The van der Waals surface area contributed by atoms with Gasteiger partial charge in [-0.15, -0.1) is 7.92 Å². The molecule has 0 fully saturated rings. The molecule has 0 aliphatic carbocycles. The highest BCUT2D eigenvalue weighted by Gasteiger charge is 2.41. The second-order valence-corrected chi connectivity index (χ2v) is 20.0. The average Bonchev–Trinajstić information content (AvgIpc) is 3.01. The first kappa shape index (κ1) is 48.3. The summed E-state index contributed by atoms with van der Waals surface area (Å²) in [6.45, 7) is 24.7. The fraction of sp³-hybridized carbons (Fsp3) is 1.00. The molecule has 0 N–H and O–H groups in total. The van der Waals surface area contributed by atoms with E-state index in [9.17, 15) is 0 Å². The van der Waals surface area contributed by atoms with Gasteiger partial charge < -0.3 is 14.2 Å². The van der Waals surface area contributed by atoms with Crippen molar-refractivity contribution in [2.45, 2.75) is 229 Å². The zero-order valence-corrected chi connectivity index (χ0v) is 35.9. The van der Waals surface area contributed by atoms with Crippen molar-refractivity contribution >= 4 is 7.92 Å². The van der Waals surface area contributed by atoms with Crippen LogP contribution in [-0.4, -0.2) is 44.3 Å². The summed E-state index contributed by atoms with van der Waals surface area (Å²) in [6, 6.07) is 0. The Morgan fingerprint density at radius 2 is 0.750 bits per heavy atom. The van der Waals surface area contributed by atoms with E-state index in [1.807, 2.05) is 0 Å². The van der Waals surface area contributed by atoms with Crippen molar-refractivity contribution in [1.82, 2.24) is 0 Å². The number of unbranched alkanes of at least 4 members (excludes halogenated alkanes) is 17. The van der Waals surface area contributed by atoms with Crippen molar-refractivity contribution in [1.29, 1.82) is 0 Å². The van der Waals surface area contributed by atoms with Crippen molar-refractivity contribution in [3.8, 4) is 0 Å². The SMILES string of the molecule is CCCCCCCCC(CCP(CCCCCCCCCC(C)(C)C)CCCCCCCCCC(C)(C)C)C(OCC)(OCC)OCC. The molecule has 0 spiro atoms. The highest BCUT2D eigenvalue weighted by Crippen LogP contribution is 2.43. The van der Waals surface area contributed by atoms with Crippen LogP contribution in [0.4, 0.5) is 0 Å². The fourth-order valence-corrected chi connectivity index (χ4v) is 9.86. The summed E-state index contributed by atoms with van der Waals surface area (Å²) < 4.78 is 19.2. The van der Waals surface area contributed by atoms with Gasteiger partial charge in [0.2, 0.25) is 0 Å². The van der Waals surface area contributed by atoms with E-state index in [0.717, 1.165) is 6.42 Å². The minimum Gasteiger partial charge on any atom is -0.328 e. The van der Waals surface area contributed by atoms with Crippen molar-refractivity contribution in [3.63, 3.8) is 0 Å². The zero-order valence-electron chi connectivity index (χ0n) is 35.0. The molecule has 0 radical (unpaired) electrons. The maximum Gasteiger partial charge on any atom is 0.285 e. The van der Waals surface area contributed by atoms with E-state index >= 15 is 0 Å². The smallest absolute Gasteiger partial charge is 0.285 e. The Kier molecular flexibility index (Phi) is 31.1. The molecule has 4 heteroatoms. The van der Waals surface area contributed by atoms with Crippen LogP contribution in [0.5, 0.6) is 0 Å². The highest BCUT2D eigenvalue weighted by atomic mass is 31.1. The van der Waals surface area contributed by atoms with Crippen LogP contribution in [0, 0.1) is 16.7 Å². The summed E-state index contributed by atoms with van der Waals surface area (Å²) >= 11 is 0. The van der Waals surface area contributed by atoms with Gasteiger partial charge in [-0.25, -0.2) is 0 Å². The lowest BCUT2D eigenvalue weighted by Crippen LogP contribution is -2.47. The van der Waals surface area contributed by atoms with Gasteiger partial charge in [0.1, 0.15) is 0 Å². The van der Waals surface area contributed by atoms with E-state index in [0.29, 0.717) is 36.6 Å². The van der Waals surface area contributed by atoms with Gasteiger partial charge in [0.15, 0.2) is 0 Å². The quantitative estimate of drug-likeness (QED) is 0.0375. The third-order valence-electron chi connectivity index (χ3n) is 10.0. The minimum atomic E-state index is -0.872. The number of rotatable bonds is 35. The Hall–Kier alpha value is 0.310. The second kappa shape index (κ2) is 30.9. The van der Waals surface area contributed by atoms with E-state index in [1.165, 1.54) is 166 Å². The fourth-order valence-electron chi connectivity index (χ4n) is 7.17. The summed E-state index contributed by atoms with van der Waals surface area (Å²) in [7, 11) is 0.0519. The minimum absolute atomic E-state index is 0.0519. The van der Waals surface area contributed by atoms with E-state index in [2.05, 4.69) is 69.2 Å². The maximum absolute atomic E-state index is 6.41. The Balaban J connectivity index is 5.13. The largest absolute Gasteiger partial charge is 0.328 e. The average molecular weight is 699 g/mol. The molecular weight excluding hydrogens is 607 g/mol. The molecule has 0 heterocycles. The topological polar surface area (TPSA) is 27.7 Å². The molecule has 0 amide bonds. The molecule has 0 saturated heterocycles. The molecule has 1 unspecified atom stereocenters. The van der Waals surface area contributed by atoms with Gasteiger partial charge in [0, 0.05) is 25.7 Å². The molecule has 0 bridgehead atoms. The Labute approximate surface area is 305 Å². The third-order valence-corrected chi connectivity index (χ3v) is 12.8. The Bertz CT molecular complexity index is 618. The van der Waals surface area contributed by atoms with Crippen molar-refractivity contribution in [2.24, 2.45) is 16.7 Å². The van der Waals surface area contributed by atoms with Gasteiger partial charge in [-0.05, 0) is 88.6 Å². The van der Waals surface area contributed by atoms with Crippen LogP contribution in [0.1, 0.15) is 223 Å². The van der Waals surface area contributed by atoms with Crippen LogP contribution in [0.25, 0.3) is 0 Å². The summed E-state index contributed by atoms with van der Waals surface area (Å²) in [5, 5.41) is 0. The normalized spacial score (nSPS) is 13.6. The van der Waals surface area contributed by atoms with Crippen molar-refractivity contribution < 1.29 is 14.2 Å².